The molecule has 0 radical (unpaired) electrons. The van der Waals surface area contributed by atoms with Crippen molar-refractivity contribution in [3.05, 3.63) is 35.2 Å². The van der Waals surface area contributed by atoms with Gasteiger partial charge >= 0.3 is 0 Å². The summed E-state index contributed by atoms with van der Waals surface area (Å²) >= 11 is 1.28. The molecular weight excluding hydrogens is 308 g/mol. The van der Waals surface area contributed by atoms with Crippen molar-refractivity contribution >= 4 is 21.4 Å². The molecule has 0 aromatic carbocycles. The molecule has 0 fully saturated rings. The van der Waals surface area contributed by atoms with E-state index in [1.54, 1.807) is 25.4 Å². The molecule has 0 aliphatic heterocycles. The molecule has 2 rings (SSSR count). The van der Waals surface area contributed by atoms with E-state index in [9.17, 15) is 8.42 Å². The minimum atomic E-state index is -3.52. The van der Waals surface area contributed by atoms with Crippen molar-refractivity contribution in [3.63, 3.8) is 0 Å². The zero-order chi connectivity index (χ0) is 15.5. The molecule has 0 aliphatic carbocycles. The molecule has 0 amide bonds. The van der Waals surface area contributed by atoms with Crippen molar-refractivity contribution in [2.75, 3.05) is 0 Å². The summed E-state index contributed by atoms with van der Waals surface area (Å²) in [5.74, 6) is 0.594. The number of hydrogen-bond donors (Lipinski definition) is 3. The normalized spacial score (nSPS) is 13.7. The highest BCUT2D eigenvalue weighted by Crippen LogP contribution is 2.23. The summed E-state index contributed by atoms with van der Waals surface area (Å²) in [6, 6.07) is 3.44. The number of imidazole rings is 1. The fourth-order valence-corrected chi connectivity index (χ4v) is 4.29. The molecule has 0 saturated carbocycles. The molecule has 8 heteroatoms. The van der Waals surface area contributed by atoms with Crippen molar-refractivity contribution < 1.29 is 8.42 Å². The summed E-state index contributed by atoms with van der Waals surface area (Å²) < 4.78 is 27.6. The van der Waals surface area contributed by atoms with Crippen molar-refractivity contribution in [1.29, 1.82) is 0 Å². The lowest BCUT2D eigenvalue weighted by atomic mass is 10.3. The minimum absolute atomic E-state index is 0.321. The van der Waals surface area contributed by atoms with Crippen LogP contribution in [0, 0.1) is 0 Å². The molecule has 1 atom stereocenters. The topological polar surface area (TPSA) is 86.9 Å². The Bertz CT molecular complexity index is 662. The highest BCUT2D eigenvalue weighted by atomic mass is 32.2. The predicted octanol–water partition coefficient (Wildman–Crippen LogP) is 2.01. The van der Waals surface area contributed by atoms with Gasteiger partial charge in [-0.25, -0.2) is 18.1 Å². The molecule has 0 aliphatic rings. The number of nitrogens with one attached hydrogen (secondary N) is 3. The third-order valence-corrected chi connectivity index (χ3v) is 5.97. The molecular formula is C13H20N4O2S2. The van der Waals surface area contributed by atoms with E-state index in [4.69, 9.17) is 0 Å². The number of rotatable bonds is 7. The van der Waals surface area contributed by atoms with Gasteiger partial charge in [-0.15, -0.1) is 11.3 Å². The first-order chi connectivity index (χ1) is 9.88. The third kappa shape index (κ3) is 4.37. The molecule has 2 heterocycles. The van der Waals surface area contributed by atoms with E-state index in [1.165, 1.54) is 11.3 Å². The monoisotopic (exact) mass is 328 g/mol. The molecule has 2 aromatic rings. The van der Waals surface area contributed by atoms with Gasteiger partial charge in [0.2, 0.25) is 0 Å². The van der Waals surface area contributed by atoms with Gasteiger partial charge in [0.05, 0.1) is 6.04 Å². The van der Waals surface area contributed by atoms with E-state index < -0.39 is 16.1 Å². The maximum absolute atomic E-state index is 12.3. The van der Waals surface area contributed by atoms with Crippen LogP contribution in [0.25, 0.3) is 0 Å². The first kappa shape index (κ1) is 16.2. The Morgan fingerprint density at radius 3 is 2.71 bits per heavy atom. The van der Waals surface area contributed by atoms with Crippen LogP contribution in [-0.2, 0) is 16.6 Å². The van der Waals surface area contributed by atoms with Crippen LogP contribution in [0.3, 0.4) is 0 Å². The van der Waals surface area contributed by atoms with Gasteiger partial charge in [-0.3, -0.25) is 0 Å². The van der Waals surface area contributed by atoms with E-state index >= 15 is 0 Å². The Morgan fingerprint density at radius 1 is 1.33 bits per heavy atom. The summed E-state index contributed by atoms with van der Waals surface area (Å²) in [5, 5.41) is 3.27. The first-order valence-electron chi connectivity index (χ1n) is 6.72. The molecule has 2 aromatic heterocycles. The maximum Gasteiger partial charge on any atom is 0.250 e. The van der Waals surface area contributed by atoms with E-state index in [-0.39, 0.29) is 0 Å². The second kappa shape index (κ2) is 6.69. The quantitative estimate of drug-likeness (QED) is 0.725. The molecule has 0 spiro atoms. The number of hydrogen-bond acceptors (Lipinski definition) is 5. The van der Waals surface area contributed by atoms with Gasteiger partial charge < -0.3 is 10.3 Å². The summed E-state index contributed by atoms with van der Waals surface area (Å²) in [6.45, 7) is 6.53. The highest BCUT2D eigenvalue weighted by molar-refractivity contribution is 7.91. The lowest BCUT2D eigenvalue weighted by Gasteiger charge is -2.10. The lowest BCUT2D eigenvalue weighted by molar-refractivity contribution is 0.563. The van der Waals surface area contributed by atoms with Crippen LogP contribution in [0.2, 0.25) is 0 Å². The maximum atomic E-state index is 12.3. The second-order valence-corrected chi connectivity index (χ2v) is 8.18. The fraction of sp³-hybridized carbons (Fsp3) is 0.462. The number of aromatic amines is 1. The SMILES string of the molecule is CC(C)NCc1ccc(S(=O)(=O)NC(C)c2ncc[nH]2)s1. The van der Waals surface area contributed by atoms with E-state index in [2.05, 4.69) is 33.9 Å². The van der Waals surface area contributed by atoms with Crippen LogP contribution in [0.1, 0.15) is 37.5 Å². The Hall–Kier alpha value is -1.22. The second-order valence-electron chi connectivity index (χ2n) is 5.07. The molecule has 3 N–H and O–H groups in total. The van der Waals surface area contributed by atoms with Gasteiger partial charge in [-0.1, -0.05) is 13.8 Å². The molecule has 21 heavy (non-hydrogen) atoms. The largest absolute Gasteiger partial charge is 0.347 e. The lowest BCUT2D eigenvalue weighted by Crippen LogP contribution is -2.26. The van der Waals surface area contributed by atoms with Crippen molar-refractivity contribution in [2.24, 2.45) is 0 Å². The Labute approximate surface area is 129 Å². The standard InChI is InChI=1S/C13H20N4O2S2/c1-9(2)16-8-11-4-5-12(20-11)21(18,19)17-10(3)13-14-6-7-15-13/h4-7,9-10,16-17H,8H2,1-3H3,(H,14,15). The molecule has 6 nitrogen and oxygen atoms in total. The van der Waals surface area contributed by atoms with Crippen molar-refractivity contribution in [2.45, 2.75) is 43.6 Å². The highest BCUT2D eigenvalue weighted by Gasteiger charge is 2.21. The van der Waals surface area contributed by atoms with E-state index in [1.807, 2.05) is 6.07 Å². The minimum Gasteiger partial charge on any atom is -0.347 e. The van der Waals surface area contributed by atoms with Crippen LogP contribution >= 0.6 is 11.3 Å². The van der Waals surface area contributed by atoms with Crippen LogP contribution in [-0.4, -0.2) is 24.4 Å². The molecule has 0 saturated heterocycles. The van der Waals surface area contributed by atoms with Crippen LogP contribution in [0.15, 0.2) is 28.7 Å². The van der Waals surface area contributed by atoms with Gasteiger partial charge in [0.1, 0.15) is 10.0 Å². The van der Waals surface area contributed by atoms with Gasteiger partial charge in [0.25, 0.3) is 10.0 Å². The molecule has 116 valence electrons. The first-order valence-corrected chi connectivity index (χ1v) is 9.02. The van der Waals surface area contributed by atoms with Gasteiger partial charge in [-0.05, 0) is 19.1 Å². The number of nitrogens with zero attached hydrogens (tertiary/aromatic N) is 1. The average Bonchev–Trinajstić information content (AvgIpc) is 3.07. The molecule has 1 unspecified atom stereocenters. The molecule has 0 bridgehead atoms. The summed E-state index contributed by atoms with van der Waals surface area (Å²) in [6.07, 6.45) is 3.27. The van der Waals surface area contributed by atoms with Crippen LogP contribution in [0.4, 0.5) is 0 Å². The van der Waals surface area contributed by atoms with Crippen molar-refractivity contribution in [3.8, 4) is 0 Å². The van der Waals surface area contributed by atoms with Gasteiger partial charge in [0, 0.05) is 29.9 Å². The Kier molecular flexibility index (Phi) is 5.15. The summed E-state index contributed by atoms with van der Waals surface area (Å²) in [5.41, 5.74) is 0. The zero-order valence-electron chi connectivity index (χ0n) is 12.3. The number of H-pyrrole nitrogens is 1. The smallest absolute Gasteiger partial charge is 0.250 e. The number of sulfonamides is 1. The Balaban J connectivity index is 2.05. The van der Waals surface area contributed by atoms with E-state index in [0.29, 0.717) is 22.6 Å². The average molecular weight is 328 g/mol. The van der Waals surface area contributed by atoms with Crippen molar-refractivity contribution in [1.82, 2.24) is 20.0 Å². The van der Waals surface area contributed by atoms with Crippen LogP contribution < -0.4 is 10.0 Å². The van der Waals surface area contributed by atoms with Crippen LogP contribution in [0.5, 0.6) is 0 Å². The fourth-order valence-electron chi connectivity index (χ4n) is 1.76. The predicted molar refractivity (Wildman–Crippen MR) is 83.6 cm³/mol. The number of thiophene rings is 1. The third-order valence-electron chi connectivity index (χ3n) is 2.85. The van der Waals surface area contributed by atoms with Gasteiger partial charge in [0.15, 0.2) is 0 Å². The number of aromatic nitrogens is 2. The summed E-state index contributed by atoms with van der Waals surface area (Å²) in [7, 11) is -3.52. The Morgan fingerprint density at radius 2 is 2.10 bits per heavy atom. The zero-order valence-corrected chi connectivity index (χ0v) is 13.9. The van der Waals surface area contributed by atoms with Gasteiger partial charge in [-0.2, -0.15) is 0 Å². The van der Waals surface area contributed by atoms with E-state index in [0.717, 1.165) is 4.88 Å². The summed E-state index contributed by atoms with van der Waals surface area (Å²) in [4.78, 5) is 7.96.